The summed E-state index contributed by atoms with van der Waals surface area (Å²) in [6.07, 6.45) is 1.59. The zero-order chi connectivity index (χ0) is 18.7. The SMILES string of the molecule is CC(=O)c1ccc(Nc2nncc(Nc3c(C)cc(C)cc3C)n2)cc1. The maximum Gasteiger partial charge on any atom is 0.249 e. The normalized spacial score (nSPS) is 10.5. The summed E-state index contributed by atoms with van der Waals surface area (Å²) >= 11 is 0. The minimum absolute atomic E-state index is 0.0319. The summed E-state index contributed by atoms with van der Waals surface area (Å²) in [5, 5.41) is 14.4. The Balaban J connectivity index is 1.79. The molecule has 1 aromatic heterocycles. The Bertz CT molecular complexity index is 928. The molecule has 0 radical (unpaired) electrons. The zero-order valence-electron chi connectivity index (χ0n) is 15.3. The highest BCUT2D eigenvalue weighted by Gasteiger charge is 2.07. The van der Waals surface area contributed by atoms with Crippen LogP contribution < -0.4 is 10.6 Å². The van der Waals surface area contributed by atoms with Gasteiger partial charge in [-0.25, -0.2) is 0 Å². The smallest absolute Gasteiger partial charge is 0.249 e. The second kappa shape index (κ2) is 7.31. The van der Waals surface area contributed by atoms with E-state index in [9.17, 15) is 4.79 Å². The first-order valence-electron chi connectivity index (χ1n) is 8.35. The molecule has 0 fully saturated rings. The molecule has 0 saturated carbocycles. The van der Waals surface area contributed by atoms with Crippen LogP contribution >= 0.6 is 0 Å². The second-order valence-electron chi connectivity index (χ2n) is 6.32. The third-order valence-electron chi connectivity index (χ3n) is 4.04. The van der Waals surface area contributed by atoms with Crippen molar-refractivity contribution in [2.24, 2.45) is 0 Å². The molecule has 0 aliphatic rings. The van der Waals surface area contributed by atoms with Crippen molar-refractivity contribution in [1.29, 1.82) is 0 Å². The molecule has 6 nitrogen and oxygen atoms in total. The lowest BCUT2D eigenvalue weighted by atomic mass is 10.1. The number of hydrogen-bond acceptors (Lipinski definition) is 6. The maximum atomic E-state index is 11.3. The summed E-state index contributed by atoms with van der Waals surface area (Å²) in [4.78, 5) is 15.8. The number of aromatic nitrogens is 3. The third kappa shape index (κ3) is 4.03. The Morgan fingerprint density at radius 3 is 2.23 bits per heavy atom. The summed E-state index contributed by atoms with van der Waals surface area (Å²) in [5.74, 6) is 1.02. The van der Waals surface area contributed by atoms with E-state index < -0.39 is 0 Å². The van der Waals surface area contributed by atoms with E-state index in [0.29, 0.717) is 17.3 Å². The third-order valence-corrected chi connectivity index (χ3v) is 4.04. The van der Waals surface area contributed by atoms with Gasteiger partial charge in [0.1, 0.15) is 0 Å². The van der Waals surface area contributed by atoms with E-state index in [-0.39, 0.29) is 5.78 Å². The van der Waals surface area contributed by atoms with Gasteiger partial charge in [-0.05, 0) is 63.1 Å². The van der Waals surface area contributed by atoms with Gasteiger partial charge in [-0.3, -0.25) is 4.79 Å². The topological polar surface area (TPSA) is 79.8 Å². The summed E-state index contributed by atoms with van der Waals surface area (Å²) in [7, 11) is 0. The Labute approximate surface area is 152 Å². The molecule has 0 atom stereocenters. The van der Waals surface area contributed by atoms with Gasteiger partial charge >= 0.3 is 0 Å². The Hall–Kier alpha value is -3.28. The molecule has 132 valence electrons. The van der Waals surface area contributed by atoms with E-state index in [1.54, 1.807) is 25.3 Å². The predicted molar refractivity (Wildman–Crippen MR) is 103 cm³/mol. The van der Waals surface area contributed by atoms with Crippen LogP contribution in [0.4, 0.5) is 23.1 Å². The van der Waals surface area contributed by atoms with Crippen LogP contribution in [0.1, 0.15) is 34.0 Å². The highest BCUT2D eigenvalue weighted by molar-refractivity contribution is 5.94. The van der Waals surface area contributed by atoms with Gasteiger partial charge in [-0.2, -0.15) is 10.1 Å². The van der Waals surface area contributed by atoms with E-state index in [2.05, 4.69) is 58.7 Å². The fourth-order valence-electron chi connectivity index (χ4n) is 2.84. The van der Waals surface area contributed by atoms with E-state index in [1.807, 2.05) is 12.1 Å². The zero-order valence-corrected chi connectivity index (χ0v) is 15.3. The minimum atomic E-state index is 0.0319. The van der Waals surface area contributed by atoms with Gasteiger partial charge in [-0.15, -0.1) is 5.10 Å². The Kier molecular flexibility index (Phi) is 4.93. The Morgan fingerprint density at radius 2 is 1.62 bits per heavy atom. The van der Waals surface area contributed by atoms with Crippen molar-refractivity contribution in [3.05, 3.63) is 64.8 Å². The molecule has 0 saturated heterocycles. The van der Waals surface area contributed by atoms with Crippen molar-refractivity contribution in [2.45, 2.75) is 27.7 Å². The van der Waals surface area contributed by atoms with E-state index in [4.69, 9.17) is 0 Å². The number of ketones is 1. The fraction of sp³-hybridized carbons (Fsp3) is 0.200. The number of carbonyl (C=O) groups excluding carboxylic acids is 1. The number of hydrogen-bond donors (Lipinski definition) is 2. The van der Waals surface area contributed by atoms with Gasteiger partial charge in [0.2, 0.25) is 5.95 Å². The monoisotopic (exact) mass is 347 g/mol. The van der Waals surface area contributed by atoms with Crippen molar-refractivity contribution in [2.75, 3.05) is 10.6 Å². The van der Waals surface area contributed by atoms with Crippen molar-refractivity contribution in [3.63, 3.8) is 0 Å². The number of anilines is 4. The molecule has 0 spiro atoms. The maximum absolute atomic E-state index is 11.3. The standard InChI is InChI=1S/C20H21N5O/c1-12-9-13(2)19(14(3)10-12)23-18-11-21-25-20(24-18)22-17-7-5-16(6-8-17)15(4)26/h5-11H,1-4H3,(H2,22,23,24,25). The molecule has 1 heterocycles. The summed E-state index contributed by atoms with van der Waals surface area (Å²) in [6.45, 7) is 7.74. The molecule has 0 unspecified atom stereocenters. The molecular formula is C20H21N5O. The minimum Gasteiger partial charge on any atom is -0.338 e. The number of aryl methyl sites for hydroxylation is 3. The largest absolute Gasteiger partial charge is 0.338 e. The number of Topliss-reactive ketones (excluding diaryl/α,β-unsaturated/α-hetero) is 1. The molecule has 6 heteroatoms. The molecule has 0 aliphatic carbocycles. The van der Waals surface area contributed by atoms with Crippen molar-refractivity contribution in [3.8, 4) is 0 Å². The van der Waals surface area contributed by atoms with Crippen LogP contribution in [0.5, 0.6) is 0 Å². The first-order chi connectivity index (χ1) is 12.4. The van der Waals surface area contributed by atoms with Crippen molar-refractivity contribution >= 4 is 28.9 Å². The van der Waals surface area contributed by atoms with Gasteiger partial charge in [-0.1, -0.05) is 17.7 Å². The first-order valence-corrected chi connectivity index (χ1v) is 8.35. The van der Waals surface area contributed by atoms with Crippen LogP contribution in [0.3, 0.4) is 0 Å². The van der Waals surface area contributed by atoms with Crippen LogP contribution in [-0.4, -0.2) is 21.0 Å². The lowest BCUT2D eigenvalue weighted by Gasteiger charge is -2.13. The fourth-order valence-corrected chi connectivity index (χ4v) is 2.84. The number of nitrogens with zero attached hydrogens (tertiary/aromatic N) is 3. The highest BCUT2D eigenvalue weighted by Crippen LogP contribution is 2.25. The van der Waals surface area contributed by atoms with Gasteiger partial charge < -0.3 is 10.6 Å². The number of rotatable bonds is 5. The van der Waals surface area contributed by atoms with E-state index in [0.717, 1.165) is 22.5 Å². The highest BCUT2D eigenvalue weighted by atomic mass is 16.1. The molecule has 3 aromatic rings. The van der Waals surface area contributed by atoms with Gasteiger partial charge in [0.25, 0.3) is 0 Å². The van der Waals surface area contributed by atoms with E-state index in [1.165, 1.54) is 5.56 Å². The van der Waals surface area contributed by atoms with E-state index >= 15 is 0 Å². The van der Waals surface area contributed by atoms with Gasteiger partial charge in [0.05, 0.1) is 6.20 Å². The molecule has 0 aliphatic heterocycles. The van der Waals surface area contributed by atoms with Crippen LogP contribution in [0.2, 0.25) is 0 Å². The molecular weight excluding hydrogens is 326 g/mol. The Morgan fingerprint density at radius 1 is 0.962 bits per heavy atom. The predicted octanol–water partition coefficient (Wildman–Crippen LogP) is 4.49. The van der Waals surface area contributed by atoms with Crippen LogP contribution in [-0.2, 0) is 0 Å². The van der Waals surface area contributed by atoms with Crippen LogP contribution in [0.15, 0.2) is 42.6 Å². The molecule has 26 heavy (non-hydrogen) atoms. The van der Waals surface area contributed by atoms with Gasteiger partial charge in [0, 0.05) is 16.9 Å². The van der Waals surface area contributed by atoms with Crippen molar-refractivity contribution < 1.29 is 4.79 Å². The van der Waals surface area contributed by atoms with Gasteiger partial charge in [0.15, 0.2) is 11.6 Å². The molecule has 0 amide bonds. The molecule has 0 bridgehead atoms. The van der Waals surface area contributed by atoms with Crippen molar-refractivity contribution in [1.82, 2.24) is 15.2 Å². The second-order valence-corrected chi connectivity index (χ2v) is 6.32. The lowest BCUT2D eigenvalue weighted by molar-refractivity contribution is 0.101. The average Bonchev–Trinajstić information content (AvgIpc) is 2.59. The molecule has 3 rings (SSSR count). The number of benzene rings is 2. The number of nitrogens with one attached hydrogen (secondary N) is 2. The lowest BCUT2D eigenvalue weighted by Crippen LogP contribution is -2.04. The quantitative estimate of drug-likeness (QED) is 0.662. The van der Waals surface area contributed by atoms with Crippen LogP contribution in [0, 0.1) is 20.8 Å². The van der Waals surface area contributed by atoms with Crippen LogP contribution in [0.25, 0.3) is 0 Å². The molecule has 2 N–H and O–H groups in total. The summed E-state index contributed by atoms with van der Waals surface area (Å²) in [5.41, 5.74) is 5.99. The average molecular weight is 347 g/mol. The number of carbonyl (C=O) groups is 1. The first kappa shape index (κ1) is 17.5. The summed E-state index contributed by atoms with van der Waals surface area (Å²) in [6, 6.07) is 11.4. The summed E-state index contributed by atoms with van der Waals surface area (Å²) < 4.78 is 0. The molecule has 2 aromatic carbocycles.